The summed E-state index contributed by atoms with van der Waals surface area (Å²) in [6.07, 6.45) is 0. The normalized spacial score (nSPS) is 12.1. The van der Waals surface area contributed by atoms with E-state index in [1.807, 2.05) is 44.2 Å². The second-order valence-electron chi connectivity index (χ2n) is 6.56. The van der Waals surface area contributed by atoms with Crippen LogP contribution in [-0.4, -0.2) is 27.4 Å². The van der Waals surface area contributed by atoms with Gasteiger partial charge in [0.2, 0.25) is 6.79 Å². The standard InChI is InChI=1S/C20H18N4O5/c1-12-16(13(2)23(22-12)14-6-4-3-5-7-14)10-21-20(25)15-8-18-19(29-11-28-18)9-17(15)24(26)27/h3-9H,10-11H2,1-2H3,(H,21,25). The molecule has 1 aliphatic rings. The zero-order valence-corrected chi connectivity index (χ0v) is 15.8. The molecule has 1 aromatic heterocycles. The molecular weight excluding hydrogens is 376 g/mol. The van der Waals surface area contributed by atoms with Crippen LogP contribution in [0.5, 0.6) is 11.5 Å². The number of nitro benzene ring substituents is 1. The van der Waals surface area contributed by atoms with Crippen LogP contribution in [0.15, 0.2) is 42.5 Å². The molecule has 3 aromatic rings. The average molecular weight is 394 g/mol. The molecule has 0 fully saturated rings. The van der Waals surface area contributed by atoms with Gasteiger partial charge in [-0.2, -0.15) is 5.10 Å². The number of amides is 1. The lowest BCUT2D eigenvalue weighted by Crippen LogP contribution is -2.24. The summed E-state index contributed by atoms with van der Waals surface area (Å²) in [7, 11) is 0. The molecule has 2 aromatic carbocycles. The van der Waals surface area contributed by atoms with E-state index in [4.69, 9.17) is 9.47 Å². The van der Waals surface area contributed by atoms with Crippen molar-refractivity contribution in [2.75, 3.05) is 6.79 Å². The Morgan fingerprint density at radius 2 is 1.90 bits per heavy atom. The number of nitrogens with zero attached hydrogens (tertiary/aromatic N) is 3. The van der Waals surface area contributed by atoms with Gasteiger partial charge >= 0.3 is 0 Å². The molecule has 148 valence electrons. The highest BCUT2D eigenvalue weighted by Gasteiger charge is 2.27. The summed E-state index contributed by atoms with van der Waals surface area (Å²) in [6.45, 7) is 3.93. The van der Waals surface area contributed by atoms with Crippen LogP contribution in [0, 0.1) is 24.0 Å². The van der Waals surface area contributed by atoms with Crippen molar-refractivity contribution >= 4 is 11.6 Å². The van der Waals surface area contributed by atoms with Gasteiger partial charge in [-0.15, -0.1) is 0 Å². The van der Waals surface area contributed by atoms with Crippen LogP contribution in [0.2, 0.25) is 0 Å². The van der Waals surface area contributed by atoms with Crippen molar-refractivity contribution in [1.82, 2.24) is 15.1 Å². The molecule has 2 heterocycles. The molecule has 1 amide bonds. The van der Waals surface area contributed by atoms with E-state index in [-0.39, 0.29) is 30.3 Å². The lowest BCUT2D eigenvalue weighted by Gasteiger charge is -2.08. The maximum atomic E-state index is 12.7. The van der Waals surface area contributed by atoms with E-state index in [1.165, 1.54) is 12.1 Å². The van der Waals surface area contributed by atoms with E-state index in [2.05, 4.69) is 10.4 Å². The highest BCUT2D eigenvalue weighted by atomic mass is 16.7. The Kier molecular flexibility index (Phi) is 4.63. The van der Waals surface area contributed by atoms with Gasteiger partial charge in [-0.3, -0.25) is 14.9 Å². The number of hydrogen-bond donors (Lipinski definition) is 1. The molecule has 0 spiro atoms. The van der Waals surface area contributed by atoms with Crippen LogP contribution in [0.25, 0.3) is 5.69 Å². The number of fused-ring (bicyclic) bond motifs is 1. The minimum absolute atomic E-state index is 0.0331. The first kappa shape index (κ1) is 18.5. The van der Waals surface area contributed by atoms with Crippen LogP contribution in [0.1, 0.15) is 27.3 Å². The second kappa shape index (κ2) is 7.27. The van der Waals surface area contributed by atoms with Crippen molar-refractivity contribution < 1.29 is 19.2 Å². The van der Waals surface area contributed by atoms with Crippen molar-refractivity contribution in [3.8, 4) is 17.2 Å². The summed E-state index contributed by atoms with van der Waals surface area (Å²) in [5.41, 5.74) is 3.01. The summed E-state index contributed by atoms with van der Waals surface area (Å²) in [6, 6.07) is 12.2. The van der Waals surface area contributed by atoms with Crippen molar-refractivity contribution in [3.05, 3.63) is 75.1 Å². The predicted octanol–water partition coefficient (Wildman–Crippen LogP) is 3.06. The molecular formula is C20H18N4O5. The number of rotatable bonds is 5. The Labute approximate surface area is 166 Å². The minimum Gasteiger partial charge on any atom is -0.454 e. The predicted molar refractivity (Wildman–Crippen MR) is 103 cm³/mol. The number of aryl methyl sites for hydroxylation is 1. The number of carbonyl (C=O) groups is 1. The van der Waals surface area contributed by atoms with Crippen LogP contribution in [-0.2, 0) is 6.54 Å². The molecule has 29 heavy (non-hydrogen) atoms. The molecule has 1 aliphatic heterocycles. The fraction of sp³-hybridized carbons (Fsp3) is 0.200. The van der Waals surface area contributed by atoms with E-state index in [1.54, 1.807) is 4.68 Å². The first-order chi connectivity index (χ1) is 14.0. The maximum Gasteiger partial charge on any atom is 0.286 e. The van der Waals surface area contributed by atoms with Crippen molar-refractivity contribution in [3.63, 3.8) is 0 Å². The van der Waals surface area contributed by atoms with Gasteiger partial charge in [-0.1, -0.05) is 18.2 Å². The SMILES string of the molecule is Cc1nn(-c2ccccc2)c(C)c1CNC(=O)c1cc2c(cc1[N+](=O)[O-])OCO2. The smallest absolute Gasteiger partial charge is 0.286 e. The Bertz CT molecular complexity index is 1110. The molecule has 0 saturated heterocycles. The van der Waals surface area contributed by atoms with Crippen LogP contribution >= 0.6 is 0 Å². The summed E-state index contributed by atoms with van der Waals surface area (Å²) in [5, 5.41) is 18.7. The Hall–Kier alpha value is -3.88. The minimum atomic E-state index is -0.610. The highest BCUT2D eigenvalue weighted by molar-refractivity contribution is 5.99. The number of nitrogens with one attached hydrogen (secondary N) is 1. The molecule has 0 atom stereocenters. The monoisotopic (exact) mass is 394 g/mol. The third-order valence-electron chi connectivity index (χ3n) is 4.80. The van der Waals surface area contributed by atoms with E-state index in [0.29, 0.717) is 5.75 Å². The zero-order valence-electron chi connectivity index (χ0n) is 15.8. The number of aromatic nitrogens is 2. The summed E-state index contributed by atoms with van der Waals surface area (Å²) < 4.78 is 12.2. The Morgan fingerprint density at radius 1 is 1.21 bits per heavy atom. The molecule has 0 unspecified atom stereocenters. The van der Waals surface area contributed by atoms with Gasteiger partial charge in [0.15, 0.2) is 11.5 Å². The fourth-order valence-electron chi connectivity index (χ4n) is 3.28. The Morgan fingerprint density at radius 3 is 2.59 bits per heavy atom. The van der Waals surface area contributed by atoms with Crippen LogP contribution < -0.4 is 14.8 Å². The quantitative estimate of drug-likeness (QED) is 0.526. The zero-order chi connectivity index (χ0) is 20.5. The van der Waals surface area contributed by atoms with Crippen LogP contribution in [0.3, 0.4) is 0 Å². The first-order valence-corrected chi connectivity index (χ1v) is 8.92. The molecule has 0 bridgehead atoms. The van der Waals surface area contributed by atoms with Crippen molar-refractivity contribution in [2.45, 2.75) is 20.4 Å². The summed E-state index contributed by atoms with van der Waals surface area (Å²) >= 11 is 0. The number of para-hydroxylation sites is 1. The van der Waals surface area contributed by atoms with E-state index < -0.39 is 10.8 Å². The van der Waals surface area contributed by atoms with Gasteiger partial charge in [-0.25, -0.2) is 4.68 Å². The van der Waals surface area contributed by atoms with Crippen molar-refractivity contribution in [1.29, 1.82) is 0 Å². The van der Waals surface area contributed by atoms with Crippen LogP contribution in [0.4, 0.5) is 5.69 Å². The van der Waals surface area contributed by atoms with Crippen molar-refractivity contribution in [2.24, 2.45) is 0 Å². The third-order valence-corrected chi connectivity index (χ3v) is 4.80. The first-order valence-electron chi connectivity index (χ1n) is 8.92. The van der Waals surface area contributed by atoms with Gasteiger partial charge in [0, 0.05) is 23.9 Å². The number of nitro groups is 1. The van der Waals surface area contributed by atoms with Gasteiger partial charge < -0.3 is 14.8 Å². The molecule has 4 rings (SSSR count). The second-order valence-corrected chi connectivity index (χ2v) is 6.56. The molecule has 0 radical (unpaired) electrons. The van der Waals surface area contributed by atoms with E-state index in [9.17, 15) is 14.9 Å². The van der Waals surface area contributed by atoms with Gasteiger partial charge in [-0.05, 0) is 26.0 Å². The third kappa shape index (κ3) is 3.38. The lowest BCUT2D eigenvalue weighted by atomic mass is 10.1. The summed E-state index contributed by atoms with van der Waals surface area (Å²) in [5.74, 6) is -0.00431. The number of carbonyl (C=O) groups excluding carboxylic acids is 1. The van der Waals surface area contributed by atoms with E-state index >= 15 is 0 Å². The lowest BCUT2D eigenvalue weighted by molar-refractivity contribution is -0.385. The topological polar surface area (TPSA) is 109 Å². The molecule has 9 nitrogen and oxygen atoms in total. The van der Waals surface area contributed by atoms with E-state index in [0.717, 1.165) is 22.6 Å². The van der Waals surface area contributed by atoms with Gasteiger partial charge in [0.1, 0.15) is 5.56 Å². The van der Waals surface area contributed by atoms with Gasteiger partial charge in [0.05, 0.1) is 22.4 Å². The number of ether oxygens (including phenoxy) is 2. The molecule has 9 heteroatoms. The molecule has 1 N–H and O–H groups in total. The highest BCUT2D eigenvalue weighted by Crippen LogP contribution is 2.37. The summed E-state index contributed by atoms with van der Waals surface area (Å²) in [4.78, 5) is 23.5. The van der Waals surface area contributed by atoms with Gasteiger partial charge in [0.25, 0.3) is 11.6 Å². The number of benzene rings is 2. The maximum absolute atomic E-state index is 12.7. The largest absolute Gasteiger partial charge is 0.454 e. The Balaban J connectivity index is 1.58. The molecule has 0 saturated carbocycles. The average Bonchev–Trinajstić information content (AvgIpc) is 3.29. The fourth-order valence-corrected chi connectivity index (χ4v) is 3.28. The molecule has 0 aliphatic carbocycles. The number of hydrogen-bond acceptors (Lipinski definition) is 6.